The van der Waals surface area contributed by atoms with E-state index in [1.807, 2.05) is 12.1 Å². The Morgan fingerprint density at radius 1 is 1.35 bits per heavy atom. The highest BCUT2D eigenvalue weighted by Crippen LogP contribution is 2.28. The topological polar surface area (TPSA) is 52.3 Å². The normalized spacial score (nSPS) is 13.4. The van der Waals surface area contributed by atoms with Gasteiger partial charge >= 0.3 is 6.09 Å². The Bertz CT molecular complexity index is 507. The van der Waals surface area contributed by atoms with Crippen molar-refractivity contribution in [2.75, 3.05) is 6.61 Å². The fraction of sp³-hybridized carbons (Fsp3) is 0.400. The van der Waals surface area contributed by atoms with Crippen molar-refractivity contribution >= 4 is 29.3 Å². The predicted octanol–water partition coefficient (Wildman–Crippen LogP) is 4.77. The van der Waals surface area contributed by atoms with E-state index in [2.05, 4.69) is 26.8 Å². The van der Waals surface area contributed by atoms with Gasteiger partial charge in [-0.05, 0) is 23.1 Å². The van der Waals surface area contributed by atoms with E-state index in [1.54, 1.807) is 12.1 Å². The van der Waals surface area contributed by atoms with Crippen molar-refractivity contribution in [3.05, 3.63) is 46.0 Å². The van der Waals surface area contributed by atoms with Crippen molar-refractivity contribution in [1.82, 2.24) is 0 Å². The number of amides is 1. The molecule has 0 heterocycles. The molecule has 0 spiro atoms. The molecule has 0 bridgehead atoms. The molecule has 5 heteroatoms. The number of nitrogens with two attached hydrogens (primary N) is 1. The quantitative estimate of drug-likeness (QED) is 0.813. The second-order valence-corrected chi connectivity index (χ2v) is 6.45. The van der Waals surface area contributed by atoms with Gasteiger partial charge in [0.15, 0.2) is 0 Å². The van der Waals surface area contributed by atoms with Gasteiger partial charge in [-0.15, -0.1) is 0 Å². The summed E-state index contributed by atoms with van der Waals surface area (Å²) in [5, 5.41) is 0.960. The molecule has 0 aromatic heterocycles. The molecule has 0 aliphatic carbocycles. The maximum Gasteiger partial charge on any atom is 0.404 e. The largest absolute Gasteiger partial charge is 0.449 e. The first-order valence-corrected chi connectivity index (χ1v) is 7.01. The van der Waals surface area contributed by atoms with Gasteiger partial charge < -0.3 is 10.5 Å². The summed E-state index contributed by atoms with van der Waals surface area (Å²) in [6.07, 6.45) is 3.26. The van der Waals surface area contributed by atoms with Crippen LogP contribution in [0.2, 0.25) is 10.0 Å². The Labute approximate surface area is 129 Å². The number of benzene rings is 1. The smallest absolute Gasteiger partial charge is 0.404 e. The van der Waals surface area contributed by atoms with Gasteiger partial charge in [0.25, 0.3) is 0 Å². The molecule has 1 rings (SSSR count). The van der Waals surface area contributed by atoms with Crippen LogP contribution in [-0.4, -0.2) is 12.7 Å². The molecular formula is C15H19Cl2NO2. The number of hydrogen-bond acceptors (Lipinski definition) is 2. The van der Waals surface area contributed by atoms with Crippen LogP contribution >= 0.6 is 23.2 Å². The van der Waals surface area contributed by atoms with E-state index >= 15 is 0 Å². The second-order valence-electron chi connectivity index (χ2n) is 5.64. The Balaban J connectivity index is 2.99. The fourth-order valence-electron chi connectivity index (χ4n) is 1.58. The summed E-state index contributed by atoms with van der Waals surface area (Å²) < 4.78 is 4.91. The van der Waals surface area contributed by atoms with Crippen LogP contribution < -0.4 is 5.73 Å². The zero-order valence-electron chi connectivity index (χ0n) is 11.8. The Morgan fingerprint density at radius 3 is 2.50 bits per heavy atom. The van der Waals surface area contributed by atoms with Gasteiger partial charge in [0.1, 0.15) is 6.61 Å². The summed E-state index contributed by atoms with van der Waals surface area (Å²) >= 11 is 11.9. The number of allylic oxidation sites excluding steroid dienone is 1. The first-order valence-electron chi connectivity index (χ1n) is 6.25. The number of ether oxygens (including phenoxy) is 1. The molecule has 0 aliphatic rings. The molecule has 0 aliphatic heterocycles. The highest BCUT2D eigenvalue weighted by molar-refractivity contribution is 6.42. The van der Waals surface area contributed by atoms with Gasteiger partial charge in [-0.3, -0.25) is 0 Å². The predicted molar refractivity (Wildman–Crippen MR) is 83.3 cm³/mol. The molecule has 1 aromatic carbocycles. The first-order chi connectivity index (χ1) is 9.19. The molecule has 1 unspecified atom stereocenters. The van der Waals surface area contributed by atoms with Crippen molar-refractivity contribution in [3.63, 3.8) is 0 Å². The third-order valence-corrected chi connectivity index (χ3v) is 3.34. The molecule has 0 saturated heterocycles. The van der Waals surface area contributed by atoms with Crippen LogP contribution in [-0.2, 0) is 4.74 Å². The van der Waals surface area contributed by atoms with Gasteiger partial charge in [-0.25, -0.2) is 4.79 Å². The SMILES string of the molecule is CC(C)(C)C=CC(COC(N)=O)c1ccc(Cl)c(Cl)c1. The van der Waals surface area contributed by atoms with Crippen molar-refractivity contribution in [2.45, 2.75) is 26.7 Å². The molecule has 0 radical (unpaired) electrons. The zero-order chi connectivity index (χ0) is 15.3. The molecule has 20 heavy (non-hydrogen) atoms. The van der Waals surface area contributed by atoms with Crippen LogP contribution in [0.1, 0.15) is 32.3 Å². The lowest BCUT2D eigenvalue weighted by Crippen LogP contribution is -2.17. The van der Waals surface area contributed by atoms with Crippen LogP contribution in [0.3, 0.4) is 0 Å². The van der Waals surface area contributed by atoms with Crippen LogP contribution in [0.15, 0.2) is 30.4 Å². The number of halogens is 2. The number of hydrogen-bond donors (Lipinski definition) is 1. The average Bonchev–Trinajstić information content (AvgIpc) is 2.31. The van der Waals surface area contributed by atoms with Gasteiger partial charge in [0.2, 0.25) is 0 Å². The maximum atomic E-state index is 10.8. The van der Waals surface area contributed by atoms with E-state index in [-0.39, 0.29) is 17.9 Å². The van der Waals surface area contributed by atoms with E-state index in [9.17, 15) is 4.79 Å². The van der Waals surface area contributed by atoms with Gasteiger partial charge in [0, 0.05) is 5.92 Å². The minimum absolute atomic E-state index is 0.0290. The van der Waals surface area contributed by atoms with Gasteiger partial charge in [0.05, 0.1) is 10.0 Å². The lowest BCUT2D eigenvalue weighted by molar-refractivity contribution is 0.153. The summed E-state index contributed by atoms with van der Waals surface area (Å²) in [7, 11) is 0. The van der Waals surface area contributed by atoms with Crippen LogP contribution in [0.25, 0.3) is 0 Å². The average molecular weight is 316 g/mol. The number of carbonyl (C=O) groups is 1. The lowest BCUT2D eigenvalue weighted by atomic mass is 9.92. The summed E-state index contributed by atoms with van der Waals surface area (Å²) in [6.45, 7) is 6.43. The standard InChI is InChI=1S/C15H19Cl2NO2/c1-15(2,3)7-6-11(9-20-14(18)19)10-4-5-12(16)13(17)8-10/h4-8,11H,9H2,1-3H3,(H2,18,19). The molecule has 0 fully saturated rings. The lowest BCUT2D eigenvalue weighted by Gasteiger charge is -2.17. The van der Waals surface area contributed by atoms with Crippen molar-refractivity contribution in [2.24, 2.45) is 11.1 Å². The van der Waals surface area contributed by atoms with Gasteiger partial charge in [-0.2, -0.15) is 0 Å². The van der Waals surface area contributed by atoms with E-state index in [0.29, 0.717) is 10.0 Å². The zero-order valence-corrected chi connectivity index (χ0v) is 13.3. The van der Waals surface area contributed by atoms with Crippen molar-refractivity contribution < 1.29 is 9.53 Å². The molecule has 1 amide bonds. The summed E-state index contributed by atoms with van der Waals surface area (Å²) in [4.78, 5) is 10.8. The Hall–Kier alpha value is -1.19. The Kier molecular flexibility index (Phi) is 5.90. The summed E-state index contributed by atoms with van der Waals surface area (Å²) in [6, 6.07) is 5.35. The second kappa shape index (κ2) is 7.00. The van der Waals surface area contributed by atoms with Gasteiger partial charge in [-0.1, -0.05) is 62.2 Å². The molecule has 0 saturated carbocycles. The monoisotopic (exact) mass is 315 g/mol. The van der Waals surface area contributed by atoms with Crippen LogP contribution in [0.5, 0.6) is 0 Å². The molecule has 1 atom stereocenters. The third kappa shape index (κ3) is 5.85. The highest BCUT2D eigenvalue weighted by atomic mass is 35.5. The maximum absolute atomic E-state index is 10.8. The summed E-state index contributed by atoms with van der Waals surface area (Å²) in [5.41, 5.74) is 5.97. The van der Waals surface area contributed by atoms with E-state index < -0.39 is 6.09 Å². The van der Waals surface area contributed by atoms with E-state index in [1.165, 1.54) is 0 Å². The van der Waals surface area contributed by atoms with E-state index in [4.69, 9.17) is 33.7 Å². The van der Waals surface area contributed by atoms with Crippen LogP contribution in [0, 0.1) is 5.41 Å². The minimum Gasteiger partial charge on any atom is -0.449 e. The van der Waals surface area contributed by atoms with E-state index in [0.717, 1.165) is 5.56 Å². The van der Waals surface area contributed by atoms with Crippen LogP contribution in [0.4, 0.5) is 4.79 Å². The number of primary amides is 1. The molecule has 2 N–H and O–H groups in total. The third-order valence-electron chi connectivity index (χ3n) is 2.61. The molecular weight excluding hydrogens is 297 g/mol. The minimum atomic E-state index is -0.792. The molecule has 110 valence electrons. The fourth-order valence-corrected chi connectivity index (χ4v) is 1.89. The molecule has 1 aromatic rings. The first kappa shape index (κ1) is 16.9. The van der Waals surface area contributed by atoms with Crippen molar-refractivity contribution in [3.8, 4) is 0 Å². The number of carbonyl (C=O) groups excluding carboxylic acids is 1. The summed E-state index contributed by atoms with van der Waals surface area (Å²) in [5.74, 6) is -0.114. The van der Waals surface area contributed by atoms with Crippen molar-refractivity contribution in [1.29, 1.82) is 0 Å². The number of rotatable bonds is 4. The molecule has 3 nitrogen and oxygen atoms in total. The highest BCUT2D eigenvalue weighted by Gasteiger charge is 2.14. The Morgan fingerprint density at radius 2 is 2.00 bits per heavy atom.